The first kappa shape index (κ1) is 10.1. The third-order valence-electron chi connectivity index (χ3n) is 3.41. The molecule has 0 N–H and O–H groups in total. The molecule has 2 rings (SSSR count). The highest BCUT2D eigenvalue weighted by Crippen LogP contribution is 2.23. The Kier molecular flexibility index (Phi) is 3.15. The highest BCUT2D eigenvalue weighted by molar-refractivity contribution is 5.61. The molecule has 0 aliphatic heterocycles. The predicted octanol–water partition coefficient (Wildman–Crippen LogP) is 4.25. The molecule has 0 saturated heterocycles. The molecule has 0 aliphatic carbocycles. The van der Waals surface area contributed by atoms with E-state index in [2.05, 4.69) is 0 Å². The molecule has 106 valence electrons. The van der Waals surface area contributed by atoms with Gasteiger partial charge in [0.1, 0.15) is 7.05 Å². The Balaban J connectivity index is 2.79. The lowest BCUT2D eigenvalue weighted by Crippen LogP contribution is -2.32. The highest BCUT2D eigenvalue weighted by Gasteiger charge is 2.16. The minimum Gasteiger partial charge on any atom is -0.201 e. The number of nitrogens with zero attached hydrogens (tertiary/aromatic N) is 1. The lowest BCUT2D eigenvalue weighted by atomic mass is 9.95. The van der Waals surface area contributed by atoms with Crippen molar-refractivity contribution < 1.29 is 10.1 Å². The Bertz CT molecular complexity index is 746. The zero-order chi connectivity index (χ0) is 18.3. The Morgan fingerprint density at radius 3 is 2.50 bits per heavy atom. The van der Waals surface area contributed by atoms with Gasteiger partial charge in [0, 0.05) is 22.7 Å². The summed E-state index contributed by atoms with van der Waals surface area (Å²) in [5, 5.41) is 0. The number of benzene rings is 1. The minimum atomic E-state index is -1.62. The van der Waals surface area contributed by atoms with E-state index in [-0.39, 0.29) is 5.92 Å². The van der Waals surface area contributed by atoms with Gasteiger partial charge >= 0.3 is 0 Å². The summed E-state index contributed by atoms with van der Waals surface area (Å²) >= 11 is 0. The third kappa shape index (κ3) is 3.09. The Morgan fingerprint density at radius 1 is 1.20 bits per heavy atom. The van der Waals surface area contributed by atoms with Crippen molar-refractivity contribution in [2.45, 2.75) is 40.4 Å². The summed E-state index contributed by atoms with van der Waals surface area (Å²) in [6, 6.07) is 9.78. The van der Waals surface area contributed by atoms with E-state index >= 15 is 0 Å². The second-order valence-corrected chi connectivity index (χ2v) is 5.46. The average molecular weight is 272 g/mol. The fourth-order valence-electron chi connectivity index (χ4n) is 2.41. The summed E-state index contributed by atoms with van der Waals surface area (Å²) in [5.74, 6) is -0.247. The van der Waals surface area contributed by atoms with Crippen molar-refractivity contribution in [3.05, 3.63) is 53.2 Å². The molecule has 0 fully saturated rings. The monoisotopic (exact) mass is 272 g/mol. The van der Waals surface area contributed by atoms with Crippen molar-refractivity contribution in [2.75, 3.05) is 0 Å². The van der Waals surface area contributed by atoms with Gasteiger partial charge in [0.2, 0.25) is 5.69 Å². The molecule has 1 aromatic carbocycles. The molecule has 1 aromatic heterocycles. The first-order valence-corrected chi connectivity index (χ1v) is 7.07. The quantitative estimate of drug-likeness (QED) is 0.733. The van der Waals surface area contributed by atoms with Gasteiger partial charge in [-0.15, -0.1) is 0 Å². The maximum atomic E-state index is 8.44. The van der Waals surface area contributed by atoms with Crippen molar-refractivity contribution in [3.8, 4) is 11.3 Å². The maximum Gasteiger partial charge on any atom is 0.212 e. The first-order valence-electron chi connectivity index (χ1n) is 9.07. The number of aryl methyl sites for hydroxylation is 3. The lowest BCUT2D eigenvalue weighted by molar-refractivity contribution is -0.660. The van der Waals surface area contributed by atoms with Crippen LogP contribution in [0.3, 0.4) is 0 Å². The average Bonchev–Trinajstić information content (AvgIpc) is 2.46. The number of aromatic nitrogens is 1. The molecule has 0 saturated carbocycles. The molecule has 1 heterocycles. The van der Waals surface area contributed by atoms with Gasteiger partial charge < -0.3 is 0 Å². The van der Waals surface area contributed by atoms with Gasteiger partial charge in [-0.2, -0.15) is 0 Å². The summed E-state index contributed by atoms with van der Waals surface area (Å²) in [6.45, 7) is 7.16. The van der Waals surface area contributed by atoms with E-state index in [1.165, 1.54) is 6.92 Å². The third-order valence-corrected chi connectivity index (χ3v) is 3.41. The number of pyridine rings is 1. The molecule has 20 heavy (non-hydrogen) atoms. The summed E-state index contributed by atoms with van der Waals surface area (Å²) < 4.78 is 35.2. The molecular weight excluding hydrogens is 242 g/mol. The van der Waals surface area contributed by atoms with Gasteiger partial charge in [-0.1, -0.05) is 39.0 Å². The molecule has 1 heteroatoms. The number of hydrogen-bond acceptors (Lipinski definition) is 0. The molecule has 0 radical (unpaired) electrons. The molecule has 0 spiro atoms. The van der Waals surface area contributed by atoms with Gasteiger partial charge in [0.25, 0.3) is 0 Å². The van der Waals surface area contributed by atoms with Crippen LogP contribution in [0, 0.1) is 12.8 Å². The van der Waals surface area contributed by atoms with Crippen LogP contribution >= 0.6 is 0 Å². The van der Waals surface area contributed by atoms with Crippen molar-refractivity contribution in [1.82, 2.24) is 0 Å². The van der Waals surface area contributed by atoms with Gasteiger partial charge in [0.05, 0.1) is 0 Å². The molecular formula is C19H26N+. The number of hydrogen-bond donors (Lipinski definition) is 0. The second-order valence-electron chi connectivity index (χ2n) is 5.46. The van der Waals surface area contributed by atoms with Crippen LogP contribution < -0.4 is 4.57 Å². The van der Waals surface area contributed by atoms with Crippen LogP contribution in [0.25, 0.3) is 11.3 Å². The highest BCUT2D eigenvalue weighted by atomic mass is 14.9. The van der Waals surface area contributed by atoms with E-state index < -0.39 is 12.7 Å². The van der Waals surface area contributed by atoms with Crippen LogP contribution in [-0.2, 0) is 19.8 Å². The fraction of sp³-hybridized carbons (Fsp3) is 0.421. The molecule has 0 bridgehead atoms. The van der Waals surface area contributed by atoms with E-state index in [1.807, 2.05) is 56.7 Å². The maximum absolute atomic E-state index is 8.44. The van der Waals surface area contributed by atoms with Crippen molar-refractivity contribution in [1.29, 1.82) is 0 Å². The number of rotatable bonds is 4. The second kappa shape index (κ2) is 6.21. The molecule has 0 atom stereocenters. The first-order chi connectivity index (χ1) is 11.0. The van der Waals surface area contributed by atoms with Crippen LogP contribution in [0.5, 0.6) is 0 Å². The van der Waals surface area contributed by atoms with E-state index in [0.29, 0.717) is 11.1 Å². The predicted molar refractivity (Wildman–Crippen MR) is 85.7 cm³/mol. The molecule has 0 unspecified atom stereocenters. The normalized spacial score (nSPS) is 15.5. The molecule has 1 nitrogen and oxygen atoms in total. The molecule has 2 aromatic rings. The largest absolute Gasteiger partial charge is 0.212 e. The van der Waals surface area contributed by atoms with E-state index in [1.54, 1.807) is 12.3 Å². The van der Waals surface area contributed by atoms with Crippen molar-refractivity contribution in [2.24, 2.45) is 13.0 Å². The van der Waals surface area contributed by atoms with Crippen molar-refractivity contribution in [3.63, 3.8) is 0 Å². The zero-order valence-electron chi connectivity index (χ0n) is 17.0. The van der Waals surface area contributed by atoms with Crippen molar-refractivity contribution >= 4 is 0 Å². The summed E-state index contributed by atoms with van der Waals surface area (Å²) in [6.07, 6.45) is -1.47. The van der Waals surface area contributed by atoms with Crippen LogP contribution in [0.15, 0.2) is 36.5 Å². The Hall–Kier alpha value is -1.63. The summed E-state index contributed by atoms with van der Waals surface area (Å²) in [7, 11) is 1.89. The van der Waals surface area contributed by atoms with Crippen LogP contribution in [0.4, 0.5) is 0 Å². The fourth-order valence-corrected chi connectivity index (χ4v) is 2.41. The zero-order valence-corrected chi connectivity index (χ0v) is 13.0. The van der Waals surface area contributed by atoms with E-state index in [4.69, 9.17) is 5.48 Å². The van der Waals surface area contributed by atoms with Gasteiger partial charge in [-0.3, -0.25) is 0 Å². The standard InChI is InChI=1S/C19H26N/c1-6-16-12-19(18-10-8-7-9-15(18)4)20(5)13-17(16)11-14(2)3/h7-10,12-14H,6,11H2,1-5H3/q+1/i6D2,11D2. The molecule has 0 aliphatic rings. The van der Waals surface area contributed by atoms with Gasteiger partial charge in [0.15, 0.2) is 6.20 Å². The lowest BCUT2D eigenvalue weighted by Gasteiger charge is -2.12. The van der Waals surface area contributed by atoms with Crippen LogP contribution in [-0.4, -0.2) is 0 Å². The van der Waals surface area contributed by atoms with Gasteiger partial charge in [-0.25, -0.2) is 4.57 Å². The summed E-state index contributed by atoms with van der Waals surface area (Å²) in [4.78, 5) is 0. The minimum absolute atomic E-state index is 0.247. The van der Waals surface area contributed by atoms with Crippen LogP contribution in [0.1, 0.15) is 42.9 Å². The SMILES string of the molecule is [2H]C([2H])(C)c1cc(-c2ccccc2C)[n+](C)cc1C([2H])([2H])C(C)C. The van der Waals surface area contributed by atoms with E-state index in [9.17, 15) is 0 Å². The molecule has 0 amide bonds. The smallest absolute Gasteiger partial charge is 0.201 e. The van der Waals surface area contributed by atoms with Crippen LogP contribution in [0.2, 0.25) is 0 Å². The summed E-state index contributed by atoms with van der Waals surface area (Å²) in [5.41, 5.74) is 3.86. The van der Waals surface area contributed by atoms with Gasteiger partial charge in [-0.05, 0) is 42.8 Å². The Morgan fingerprint density at radius 2 is 1.90 bits per heavy atom. The Labute approximate surface area is 128 Å². The van der Waals surface area contributed by atoms with E-state index in [0.717, 1.165) is 16.8 Å². The topological polar surface area (TPSA) is 3.88 Å².